The van der Waals surface area contributed by atoms with E-state index in [4.69, 9.17) is 16.3 Å². The summed E-state index contributed by atoms with van der Waals surface area (Å²) in [6, 6.07) is 4.37. The highest BCUT2D eigenvalue weighted by Gasteiger charge is 2.16. The highest BCUT2D eigenvalue weighted by atomic mass is 35.5. The number of aryl methyl sites for hydroxylation is 1. The molecule has 0 aromatic heterocycles. The summed E-state index contributed by atoms with van der Waals surface area (Å²) >= 11 is 6.11. The van der Waals surface area contributed by atoms with E-state index >= 15 is 0 Å². The van der Waals surface area contributed by atoms with E-state index in [-0.39, 0.29) is 0 Å². The molecule has 1 N–H and O–H groups in total. The Morgan fingerprint density at radius 3 is 2.47 bits per heavy atom. The van der Waals surface area contributed by atoms with Crippen molar-refractivity contribution in [1.29, 1.82) is 0 Å². The van der Waals surface area contributed by atoms with Gasteiger partial charge in [0.2, 0.25) is 0 Å². The number of benzene rings is 1. The lowest BCUT2D eigenvalue weighted by atomic mass is 9.95. The zero-order chi connectivity index (χ0) is 13.0. The molecular weight excluding hydrogens is 234 g/mol. The van der Waals surface area contributed by atoms with Gasteiger partial charge in [-0.25, -0.2) is 0 Å². The Hall–Kier alpha value is -0.730. The van der Waals surface area contributed by atoms with E-state index in [9.17, 15) is 0 Å². The van der Waals surface area contributed by atoms with Crippen molar-refractivity contribution >= 4 is 11.6 Å². The van der Waals surface area contributed by atoms with E-state index in [0.717, 1.165) is 22.8 Å². The van der Waals surface area contributed by atoms with E-state index in [0.29, 0.717) is 12.0 Å². The third kappa shape index (κ3) is 3.62. The van der Waals surface area contributed by atoms with Gasteiger partial charge in [-0.1, -0.05) is 25.4 Å². The van der Waals surface area contributed by atoms with Crippen molar-refractivity contribution in [3.63, 3.8) is 0 Å². The van der Waals surface area contributed by atoms with Gasteiger partial charge < -0.3 is 10.1 Å². The summed E-state index contributed by atoms with van der Waals surface area (Å²) in [7, 11) is 3.71. The minimum Gasteiger partial charge on any atom is -0.496 e. The number of methoxy groups -OCH3 is 1. The van der Waals surface area contributed by atoms with Crippen LogP contribution >= 0.6 is 11.6 Å². The van der Waals surface area contributed by atoms with Crippen LogP contribution in [0.25, 0.3) is 0 Å². The predicted molar refractivity (Wildman–Crippen MR) is 74.1 cm³/mol. The summed E-state index contributed by atoms with van der Waals surface area (Å²) in [5, 5.41) is 4.12. The predicted octanol–water partition coefficient (Wildman–Crippen LogP) is 3.44. The number of hydrogen-bond donors (Lipinski definition) is 1. The lowest BCUT2D eigenvalue weighted by Gasteiger charge is -2.22. The van der Waals surface area contributed by atoms with Crippen LogP contribution in [0, 0.1) is 12.8 Å². The molecule has 0 aliphatic carbocycles. The number of nitrogens with one attached hydrogen (secondary N) is 1. The van der Waals surface area contributed by atoms with Gasteiger partial charge in [0.15, 0.2) is 0 Å². The zero-order valence-electron chi connectivity index (χ0n) is 11.3. The van der Waals surface area contributed by atoms with Gasteiger partial charge in [-0.3, -0.25) is 0 Å². The fourth-order valence-electron chi connectivity index (χ4n) is 2.15. The molecule has 2 nitrogen and oxygen atoms in total. The van der Waals surface area contributed by atoms with Gasteiger partial charge in [-0.15, -0.1) is 0 Å². The molecule has 17 heavy (non-hydrogen) atoms. The zero-order valence-corrected chi connectivity index (χ0v) is 12.1. The highest BCUT2D eigenvalue weighted by molar-refractivity contribution is 6.30. The summed E-state index contributed by atoms with van der Waals surface area (Å²) in [5.74, 6) is 1.53. The molecule has 1 unspecified atom stereocenters. The second-order valence-electron chi connectivity index (χ2n) is 4.76. The molecule has 1 rings (SSSR count). The van der Waals surface area contributed by atoms with Gasteiger partial charge in [0, 0.05) is 11.1 Å². The van der Waals surface area contributed by atoms with Crippen LogP contribution in [0.3, 0.4) is 0 Å². The fourth-order valence-corrected chi connectivity index (χ4v) is 2.45. The van der Waals surface area contributed by atoms with Gasteiger partial charge >= 0.3 is 0 Å². The van der Waals surface area contributed by atoms with E-state index in [1.54, 1.807) is 7.11 Å². The van der Waals surface area contributed by atoms with Gasteiger partial charge in [0.05, 0.1) is 7.11 Å². The van der Waals surface area contributed by atoms with Crippen LogP contribution in [0.15, 0.2) is 12.1 Å². The third-order valence-electron chi connectivity index (χ3n) is 3.14. The summed E-state index contributed by atoms with van der Waals surface area (Å²) in [6.45, 7) is 6.45. The SMILES string of the molecule is CNC(Cc1cc(Cl)cc(C)c1OC)C(C)C. The Labute approximate surface area is 109 Å². The van der Waals surface area contributed by atoms with Crippen LogP contribution in [-0.4, -0.2) is 20.2 Å². The minimum atomic E-state index is 0.432. The molecule has 0 aliphatic heterocycles. The first-order valence-electron chi connectivity index (χ1n) is 5.99. The van der Waals surface area contributed by atoms with Crippen molar-refractivity contribution < 1.29 is 4.74 Å². The van der Waals surface area contributed by atoms with Crippen molar-refractivity contribution in [3.8, 4) is 5.75 Å². The lowest BCUT2D eigenvalue weighted by Crippen LogP contribution is -2.32. The largest absolute Gasteiger partial charge is 0.496 e. The van der Waals surface area contributed by atoms with Crippen LogP contribution in [0.4, 0.5) is 0 Å². The quantitative estimate of drug-likeness (QED) is 0.870. The number of hydrogen-bond acceptors (Lipinski definition) is 2. The summed E-state index contributed by atoms with van der Waals surface area (Å²) in [5.41, 5.74) is 2.26. The molecule has 0 fully saturated rings. The summed E-state index contributed by atoms with van der Waals surface area (Å²) < 4.78 is 5.47. The van der Waals surface area contributed by atoms with Gasteiger partial charge in [-0.05, 0) is 49.6 Å². The number of rotatable bonds is 5. The normalized spacial score (nSPS) is 12.9. The number of ether oxygens (including phenoxy) is 1. The maximum absolute atomic E-state index is 6.11. The van der Waals surface area contributed by atoms with Gasteiger partial charge in [0.1, 0.15) is 5.75 Å². The van der Waals surface area contributed by atoms with Crippen LogP contribution in [0.1, 0.15) is 25.0 Å². The van der Waals surface area contributed by atoms with E-state index in [1.165, 1.54) is 5.56 Å². The average molecular weight is 256 g/mol. The molecule has 0 saturated heterocycles. The minimum absolute atomic E-state index is 0.432. The Morgan fingerprint density at radius 1 is 1.35 bits per heavy atom. The molecule has 0 bridgehead atoms. The average Bonchev–Trinajstić information content (AvgIpc) is 2.24. The van der Waals surface area contributed by atoms with Crippen molar-refractivity contribution in [2.75, 3.05) is 14.2 Å². The van der Waals surface area contributed by atoms with E-state index in [2.05, 4.69) is 19.2 Å². The number of likely N-dealkylation sites (N-methyl/N-ethyl adjacent to an activating group) is 1. The van der Waals surface area contributed by atoms with Crippen LogP contribution in [-0.2, 0) is 6.42 Å². The second kappa shape index (κ2) is 6.27. The molecule has 0 spiro atoms. The van der Waals surface area contributed by atoms with Crippen molar-refractivity contribution in [2.24, 2.45) is 5.92 Å². The Kier molecular flexibility index (Phi) is 5.29. The molecule has 0 amide bonds. The molecule has 0 saturated carbocycles. The lowest BCUT2D eigenvalue weighted by molar-refractivity contribution is 0.389. The smallest absolute Gasteiger partial charge is 0.125 e. The summed E-state index contributed by atoms with van der Waals surface area (Å²) in [6.07, 6.45) is 0.929. The molecule has 3 heteroatoms. The van der Waals surface area contributed by atoms with E-state index in [1.807, 2.05) is 26.1 Å². The van der Waals surface area contributed by atoms with Crippen LogP contribution in [0.5, 0.6) is 5.75 Å². The first kappa shape index (κ1) is 14.3. The van der Waals surface area contributed by atoms with Crippen molar-refractivity contribution in [3.05, 3.63) is 28.3 Å². The molecule has 96 valence electrons. The van der Waals surface area contributed by atoms with Gasteiger partial charge in [-0.2, -0.15) is 0 Å². The first-order valence-corrected chi connectivity index (χ1v) is 6.37. The van der Waals surface area contributed by atoms with E-state index < -0.39 is 0 Å². The third-order valence-corrected chi connectivity index (χ3v) is 3.35. The molecule has 1 atom stereocenters. The maximum atomic E-state index is 6.11. The van der Waals surface area contributed by atoms with Crippen molar-refractivity contribution in [2.45, 2.75) is 33.2 Å². The van der Waals surface area contributed by atoms with Crippen LogP contribution in [0.2, 0.25) is 5.02 Å². The Morgan fingerprint density at radius 2 is 2.00 bits per heavy atom. The molecule has 1 aromatic carbocycles. The highest BCUT2D eigenvalue weighted by Crippen LogP contribution is 2.29. The Bertz CT molecular complexity index is 377. The number of halogens is 1. The topological polar surface area (TPSA) is 21.3 Å². The molecule has 0 radical (unpaired) electrons. The fraction of sp³-hybridized carbons (Fsp3) is 0.571. The maximum Gasteiger partial charge on any atom is 0.125 e. The monoisotopic (exact) mass is 255 g/mol. The molecule has 0 heterocycles. The Balaban J connectivity index is 3.04. The molecule has 1 aromatic rings. The standard InChI is InChI=1S/C14H22ClNO/c1-9(2)13(16-4)8-11-7-12(15)6-10(3)14(11)17-5/h6-7,9,13,16H,8H2,1-5H3. The molecular formula is C14H22ClNO. The second-order valence-corrected chi connectivity index (χ2v) is 5.19. The van der Waals surface area contributed by atoms with Crippen LogP contribution < -0.4 is 10.1 Å². The van der Waals surface area contributed by atoms with Gasteiger partial charge in [0.25, 0.3) is 0 Å². The summed E-state index contributed by atoms with van der Waals surface area (Å²) in [4.78, 5) is 0. The van der Waals surface area contributed by atoms with Crippen molar-refractivity contribution in [1.82, 2.24) is 5.32 Å². The molecule has 0 aliphatic rings. The first-order chi connectivity index (χ1) is 7.99.